The van der Waals surface area contributed by atoms with E-state index in [0.29, 0.717) is 6.61 Å². The van der Waals surface area contributed by atoms with Crippen LogP contribution in [0.15, 0.2) is 57.3 Å². The lowest BCUT2D eigenvalue weighted by Gasteiger charge is -2.17. The van der Waals surface area contributed by atoms with Gasteiger partial charge in [0.15, 0.2) is 4.80 Å². The van der Waals surface area contributed by atoms with Crippen molar-refractivity contribution in [2.45, 2.75) is 26.8 Å². The van der Waals surface area contributed by atoms with Gasteiger partial charge in [-0.25, -0.2) is 4.99 Å². The number of aryl methyl sites for hydroxylation is 2. The van der Waals surface area contributed by atoms with Gasteiger partial charge in [-0.3, -0.25) is 0 Å². The van der Waals surface area contributed by atoms with Crippen LogP contribution in [0.2, 0.25) is 0 Å². The van der Waals surface area contributed by atoms with Gasteiger partial charge in [-0.05, 0) is 44.0 Å². The van der Waals surface area contributed by atoms with Gasteiger partial charge in [0.1, 0.15) is 0 Å². The monoisotopic (exact) mass is 430 g/mol. The number of nitrogens with zero attached hydrogens (tertiary/aromatic N) is 2. The SMILES string of the molecule is COCC(C)n1c(-c2ccccc2Br)csc1=Nc1cc(C)ccc1C. The van der Waals surface area contributed by atoms with E-state index in [1.807, 2.05) is 6.07 Å². The van der Waals surface area contributed by atoms with E-state index < -0.39 is 0 Å². The van der Waals surface area contributed by atoms with Gasteiger partial charge in [-0.15, -0.1) is 11.3 Å². The minimum atomic E-state index is 0.178. The Morgan fingerprint density at radius 3 is 2.69 bits per heavy atom. The second-order valence-corrected chi connectivity index (χ2v) is 8.15. The first-order chi connectivity index (χ1) is 12.5. The summed E-state index contributed by atoms with van der Waals surface area (Å²) in [6.07, 6.45) is 0. The zero-order valence-electron chi connectivity index (χ0n) is 15.5. The van der Waals surface area contributed by atoms with Crippen molar-refractivity contribution in [1.29, 1.82) is 0 Å². The van der Waals surface area contributed by atoms with Gasteiger partial charge >= 0.3 is 0 Å². The minimum absolute atomic E-state index is 0.178. The summed E-state index contributed by atoms with van der Waals surface area (Å²) in [5, 5.41) is 2.18. The molecule has 1 heterocycles. The Kier molecular flexibility index (Phi) is 6.12. The van der Waals surface area contributed by atoms with Crippen LogP contribution < -0.4 is 4.80 Å². The van der Waals surface area contributed by atoms with Crippen LogP contribution in [0.25, 0.3) is 11.3 Å². The lowest BCUT2D eigenvalue weighted by atomic mass is 10.1. The number of halogens is 1. The molecule has 26 heavy (non-hydrogen) atoms. The molecule has 3 aromatic rings. The highest BCUT2D eigenvalue weighted by molar-refractivity contribution is 9.10. The van der Waals surface area contributed by atoms with Gasteiger partial charge in [0.25, 0.3) is 0 Å². The van der Waals surface area contributed by atoms with Gasteiger partial charge < -0.3 is 9.30 Å². The van der Waals surface area contributed by atoms with Crippen molar-refractivity contribution in [3.8, 4) is 11.3 Å². The van der Waals surface area contributed by atoms with Crippen molar-refractivity contribution in [3.05, 3.63) is 68.2 Å². The van der Waals surface area contributed by atoms with Crippen molar-refractivity contribution in [2.75, 3.05) is 13.7 Å². The molecule has 0 aliphatic rings. The van der Waals surface area contributed by atoms with E-state index in [4.69, 9.17) is 9.73 Å². The quantitative estimate of drug-likeness (QED) is 0.484. The zero-order valence-corrected chi connectivity index (χ0v) is 17.9. The maximum Gasteiger partial charge on any atom is 0.190 e. The highest BCUT2D eigenvalue weighted by Crippen LogP contribution is 2.30. The van der Waals surface area contributed by atoms with Gasteiger partial charge in [-0.2, -0.15) is 0 Å². The summed E-state index contributed by atoms with van der Waals surface area (Å²) in [4.78, 5) is 5.97. The van der Waals surface area contributed by atoms with Crippen LogP contribution in [0.4, 0.5) is 5.69 Å². The van der Waals surface area contributed by atoms with Gasteiger partial charge in [0, 0.05) is 22.5 Å². The van der Waals surface area contributed by atoms with Gasteiger partial charge in [-0.1, -0.05) is 46.3 Å². The van der Waals surface area contributed by atoms with E-state index in [9.17, 15) is 0 Å². The fraction of sp³-hybridized carbons (Fsp3) is 0.286. The molecule has 0 N–H and O–H groups in total. The van der Waals surface area contributed by atoms with Crippen LogP contribution in [-0.2, 0) is 4.74 Å². The van der Waals surface area contributed by atoms with Crippen LogP contribution in [0, 0.1) is 13.8 Å². The molecule has 0 saturated carbocycles. The number of benzene rings is 2. The summed E-state index contributed by atoms with van der Waals surface area (Å²) in [7, 11) is 1.74. The second kappa shape index (κ2) is 8.33. The number of ether oxygens (including phenoxy) is 1. The predicted molar refractivity (Wildman–Crippen MR) is 113 cm³/mol. The normalized spacial score (nSPS) is 13.2. The van der Waals surface area contributed by atoms with E-state index in [1.54, 1.807) is 18.4 Å². The summed E-state index contributed by atoms with van der Waals surface area (Å²) in [6, 6.07) is 14.9. The lowest BCUT2D eigenvalue weighted by Crippen LogP contribution is -2.23. The highest BCUT2D eigenvalue weighted by atomic mass is 79.9. The Morgan fingerprint density at radius 2 is 1.96 bits per heavy atom. The average molecular weight is 431 g/mol. The molecule has 0 saturated heterocycles. The smallest absolute Gasteiger partial charge is 0.190 e. The number of rotatable bonds is 5. The fourth-order valence-electron chi connectivity index (χ4n) is 2.95. The molecule has 0 bridgehead atoms. The third-order valence-corrected chi connectivity index (χ3v) is 5.85. The summed E-state index contributed by atoms with van der Waals surface area (Å²) in [5.41, 5.74) is 5.72. The topological polar surface area (TPSA) is 26.5 Å². The Morgan fingerprint density at radius 1 is 1.19 bits per heavy atom. The Hall–Kier alpha value is -1.69. The Bertz CT molecular complexity index is 974. The molecule has 0 aliphatic carbocycles. The first kappa shape index (κ1) is 19.1. The Labute approximate surface area is 167 Å². The van der Waals surface area contributed by atoms with Crippen molar-refractivity contribution in [1.82, 2.24) is 4.57 Å². The summed E-state index contributed by atoms with van der Waals surface area (Å²) in [5.74, 6) is 0. The maximum absolute atomic E-state index is 5.43. The van der Waals surface area contributed by atoms with Crippen LogP contribution >= 0.6 is 27.3 Å². The number of hydrogen-bond donors (Lipinski definition) is 0. The molecule has 136 valence electrons. The molecule has 1 aromatic heterocycles. The van der Waals surface area contributed by atoms with Crippen molar-refractivity contribution in [3.63, 3.8) is 0 Å². The van der Waals surface area contributed by atoms with Gasteiger partial charge in [0.2, 0.25) is 0 Å². The standard InChI is InChI=1S/C21H23BrN2OS/c1-14-9-10-15(2)19(11-14)23-21-24(16(3)12-25-4)20(13-26-21)17-7-5-6-8-18(17)22/h5-11,13,16H,12H2,1-4H3. The van der Waals surface area contributed by atoms with Crippen LogP contribution in [0.3, 0.4) is 0 Å². The number of thiazole rings is 1. The number of hydrogen-bond acceptors (Lipinski definition) is 3. The summed E-state index contributed by atoms with van der Waals surface area (Å²) >= 11 is 5.35. The third-order valence-electron chi connectivity index (χ3n) is 4.32. The molecule has 0 radical (unpaired) electrons. The van der Waals surface area contributed by atoms with Crippen molar-refractivity contribution in [2.24, 2.45) is 4.99 Å². The first-order valence-corrected chi connectivity index (χ1v) is 10.2. The first-order valence-electron chi connectivity index (χ1n) is 8.57. The molecule has 1 atom stereocenters. The summed E-state index contributed by atoms with van der Waals surface area (Å²) < 4.78 is 8.78. The van der Waals surface area contributed by atoms with Crippen molar-refractivity contribution >= 4 is 33.0 Å². The largest absolute Gasteiger partial charge is 0.383 e. The average Bonchev–Trinajstić information content (AvgIpc) is 3.02. The van der Waals surface area contributed by atoms with Gasteiger partial charge in [0.05, 0.1) is 24.0 Å². The molecule has 0 aliphatic heterocycles. The van der Waals surface area contributed by atoms with E-state index in [1.165, 1.54) is 11.1 Å². The van der Waals surface area contributed by atoms with Crippen LogP contribution in [0.1, 0.15) is 24.1 Å². The molecule has 0 amide bonds. The maximum atomic E-state index is 5.43. The van der Waals surface area contributed by atoms with E-state index in [2.05, 4.69) is 83.0 Å². The fourth-order valence-corrected chi connectivity index (χ4v) is 4.44. The molecule has 0 spiro atoms. The molecule has 3 nitrogen and oxygen atoms in total. The molecule has 2 aromatic carbocycles. The second-order valence-electron chi connectivity index (χ2n) is 6.46. The molecule has 3 rings (SSSR count). The zero-order chi connectivity index (χ0) is 18.7. The molecule has 1 unspecified atom stereocenters. The molecular weight excluding hydrogens is 408 g/mol. The van der Waals surface area contributed by atoms with Crippen LogP contribution in [0.5, 0.6) is 0 Å². The number of aromatic nitrogens is 1. The van der Waals surface area contributed by atoms with E-state index in [-0.39, 0.29) is 6.04 Å². The third kappa shape index (κ3) is 4.00. The van der Waals surface area contributed by atoms with E-state index >= 15 is 0 Å². The molecule has 5 heteroatoms. The summed E-state index contributed by atoms with van der Waals surface area (Å²) in [6.45, 7) is 7.00. The highest BCUT2D eigenvalue weighted by Gasteiger charge is 2.16. The van der Waals surface area contributed by atoms with Crippen molar-refractivity contribution < 1.29 is 4.74 Å². The Balaban J connectivity index is 2.22. The number of methoxy groups -OCH3 is 1. The molecule has 0 fully saturated rings. The minimum Gasteiger partial charge on any atom is -0.383 e. The van der Waals surface area contributed by atoms with E-state index in [0.717, 1.165) is 26.2 Å². The molecular formula is C21H23BrN2OS. The van der Waals surface area contributed by atoms with Crippen LogP contribution in [-0.4, -0.2) is 18.3 Å². The predicted octanol–water partition coefficient (Wildman–Crippen LogP) is 6.04. The lowest BCUT2D eigenvalue weighted by molar-refractivity contribution is 0.162.